The second kappa shape index (κ2) is 6.55. The molecule has 4 saturated carbocycles. The molecule has 0 atom stereocenters. The van der Waals surface area contributed by atoms with Gasteiger partial charge in [0.15, 0.2) is 0 Å². The van der Waals surface area contributed by atoms with Crippen molar-refractivity contribution in [1.82, 2.24) is 9.80 Å². The summed E-state index contributed by atoms with van der Waals surface area (Å²) < 4.78 is 0. The summed E-state index contributed by atoms with van der Waals surface area (Å²) in [5, 5.41) is 0. The number of carbonyl (C=O) groups is 1. The van der Waals surface area contributed by atoms with Gasteiger partial charge in [0.25, 0.3) is 0 Å². The molecule has 0 aromatic rings. The van der Waals surface area contributed by atoms with Crippen LogP contribution in [0.4, 0.5) is 0 Å². The zero-order valence-corrected chi connectivity index (χ0v) is 15.9. The average molecular weight is 345 g/mol. The van der Waals surface area contributed by atoms with Crippen molar-refractivity contribution < 1.29 is 4.79 Å². The normalized spacial score (nSPS) is 41.6. The Morgan fingerprint density at radius 3 is 1.96 bits per heavy atom. The maximum Gasteiger partial charge on any atom is 0.222 e. The molecule has 0 spiro atoms. The van der Waals surface area contributed by atoms with Gasteiger partial charge in [0.2, 0.25) is 5.91 Å². The van der Waals surface area contributed by atoms with Crippen molar-refractivity contribution in [3.8, 4) is 0 Å². The van der Waals surface area contributed by atoms with Gasteiger partial charge in [0.05, 0.1) is 0 Å². The molecule has 2 saturated heterocycles. The van der Waals surface area contributed by atoms with E-state index in [1.165, 1.54) is 58.0 Å². The Morgan fingerprint density at radius 2 is 1.40 bits per heavy atom. The second-order valence-corrected chi connectivity index (χ2v) is 10.2. The molecule has 0 N–H and O–H groups in total. The van der Waals surface area contributed by atoms with E-state index in [2.05, 4.69) is 9.80 Å². The topological polar surface area (TPSA) is 23.6 Å². The Morgan fingerprint density at radius 1 is 0.840 bits per heavy atom. The number of rotatable bonds is 4. The molecule has 1 amide bonds. The van der Waals surface area contributed by atoms with E-state index in [-0.39, 0.29) is 0 Å². The van der Waals surface area contributed by atoms with E-state index in [0.29, 0.717) is 11.4 Å². The molecule has 25 heavy (non-hydrogen) atoms. The van der Waals surface area contributed by atoms with Crippen LogP contribution >= 0.6 is 0 Å². The van der Waals surface area contributed by atoms with E-state index in [9.17, 15) is 4.79 Å². The maximum absolute atomic E-state index is 12.3. The van der Waals surface area contributed by atoms with E-state index < -0.39 is 0 Å². The number of carbonyl (C=O) groups excluding carboxylic acids is 1. The molecule has 2 aliphatic heterocycles. The van der Waals surface area contributed by atoms with Crippen LogP contribution < -0.4 is 0 Å². The second-order valence-electron chi connectivity index (χ2n) is 10.2. The van der Waals surface area contributed by atoms with Crippen molar-refractivity contribution in [3.63, 3.8) is 0 Å². The van der Waals surface area contributed by atoms with Gasteiger partial charge in [-0.1, -0.05) is 0 Å². The molecule has 2 heterocycles. The summed E-state index contributed by atoms with van der Waals surface area (Å²) >= 11 is 0. The van der Waals surface area contributed by atoms with Gasteiger partial charge in [0, 0.05) is 25.0 Å². The van der Waals surface area contributed by atoms with Gasteiger partial charge >= 0.3 is 0 Å². The molecule has 0 aromatic heterocycles. The molecule has 4 bridgehead atoms. The predicted octanol–water partition coefficient (Wildman–Crippen LogP) is 4.07. The molecule has 4 aliphatic carbocycles. The highest BCUT2D eigenvalue weighted by Gasteiger charge is 2.53. The molecule has 0 unspecified atom stereocenters. The Balaban J connectivity index is 1.12. The smallest absolute Gasteiger partial charge is 0.222 e. The summed E-state index contributed by atoms with van der Waals surface area (Å²) in [6.07, 6.45) is 16.3. The van der Waals surface area contributed by atoms with Gasteiger partial charge in [0.1, 0.15) is 0 Å². The maximum atomic E-state index is 12.3. The van der Waals surface area contributed by atoms with Crippen LogP contribution in [0.2, 0.25) is 0 Å². The summed E-state index contributed by atoms with van der Waals surface area (Å²) in [6.45, 7) is 4.66. The fourth-order valence-corrected chi connectivity index (χ4v) is 7.60. The third-order valence-corrected chi connectivity index (χ3v) is 8.52. The minimum atomic E-state index is 0.431. The quantitative estimate of drug-likeness (QED) is 0.767. The van der Waals surface area contributed by atoms with Gasteiger partial charge in [-0.15, -0.1) is 0 Å². The van der Waals surface area contributed by atoms with Gasteiger partial charge in [-0.05, 0) is 107 Å². The van der Waals surface area contributed by atoms with Crippen LogP contribution in [0.5, 0.6) is 0 Å². The number of nitrogens with zero attached hydrogens (tertiary/aromatic N) is 2. The highest BCUT2D eigenvalue weighted by atomic mass is 16.2. The van der Waals surface area contributed by atoms with Crippen molar-refractivity contribution in [1.29, 1.82) is 0 Å². The summed E-state index contributed by atoms with van der Waals surface area (Å²) in [5.41, 5.74) is 0.602. The van der Waals surface area contributed by atoms with Crippen LogP contribution in [-0.2, 0) is 4.79 Å². The standard InChI is InChI=1S/C22H36N2O/c25-21(23-7-1-2-8-23)4-3-17-5-9-24(10-6-17)22-14-18-11-19(15-22)13-20(12-18)16-22/h17-20H,1-16H2. The number of hydrogen-bond donors (Lipinski definition) is 0. The predicted molar refractivity (Wildman–Crippen MR) is 100 cm³/mol. The summed E-state index contributed by atoms with van der Waals surface area (Å²) in [7, 11) is 0. The SMILES string of the molecule is O=C(CCC1CCN(C23CC4CC(CC(C4)C2)C3)CC1)N1CCCC1. The Hall–Kier alpha value is -0.570. The number of likely N-dealkylation sites (tertiary alicyclic amines) is 2. The minimum absolute atomic E-state index is 0.431. The van der Waals surface area contributed by atoms with Crippen molar-refractivity contribution in [2.45, 2.75) is 82.6 Å². The third-order valence-electron chi connectivity index (χ3n) is 8.52. The lowest BCUT2D eigenvalue weighted by Crippen LogP contribution is -2.61. The van der Waals surface area contributed by atoms with Gasteiger partial charge in [-0.25, -0.2) is 0 Å². The summed E-state index contributed by atoms with van der Waals surface area (Å²) in [4.78, 5) is 17.3. The van der Waals surface area contributed by atoms with Crippen molar-refractivity contribution >= 4 is 5.91 Å². The monoisotopic (exact) mass is 344 g/mol. The van der Waals surface area contributed by atoms with Crippen LogP contribution in [-0.4, -0.2) is 47.4 Å². The van der Waals surface area contributed by atoms with E-state index >= 15 is 0 Å². The molecule has 3 heteroatoms. The van der Waals surface area contributed by atoms with Crippen molar-refractivity contribution in [3.05, 3.63) is 0 Å². The number of amides is 1. The van der Waals surface area contributed by atoms with Crippen LogP contribution in [0.15, 0.2) is 0 Å². The molecule has 6 rings (SSSR count). The molecule has 0 aromatic carbocycles. The molecular weight excluding hydrogens is 308 g/mol. The van der Waals surface area contributed by atoms with E-state index in [1.54, 1.807) is 19.3 Å². The van der Waals surface area contributed by atoms with E-state index in [1.807, 2.05) is 0 Å². The van der Waals surface area contributed by atoms with Gasteiger partial charge < -0.3 is 4.90 Å². The molecule has 6 fully saturated rings. The minimum Gasteiger partial charge on any atom is -0.343 e. The fraction of sp³-hybridized carbons (Fsp3) is 0.955. The van der Waals surface area contributed by atoms with Crippen LogP contribution in [0.1, 0.15) is 77.0 Å². The molecule has 0 radical (unpaired) electrons. The molecule has 140 valence electrons. The number of hydrogen-bond acceptors (Lipinski definition) is 2. The number of piperidine rings is 1. The fourth-order valence-electron chi connectivity index (χ4n) is 7.60. The first-order valence-electron chi connectivity index (χ1n) is 11.2. The zero-order chi connectivity index (χ0) is 16.9. The Kier molecular flexibility index (Phi) is 4.35. The average Bonchev–Trinajstić information content (AvgIpc) is 3.14. The lowest BCUT2D eigenvalue weighted by molar-refractivity contribution is -0.130. The highest BCUT2D eigenvalue weighted by Crippen LogP contribution is 2.58. The van der Waals surface area contributed by atoms with Gasteiger partial charge in [-0.2, -0.15) is 0 Å². The first kappa shape index (κ1) is 16.6. The van der Waals surface area contributed by atoms with Crippen LogP contribution in [0, 0.1) is 23.7 Å². The largest absolute Gasteiger partial charge is 0.343 e. The lowest BCUT2D eigenvalue weighted by Gasteiger charge is -2.61. The Labute approximate surface area is 153 Å². The lowest BCUT2D eigenvalue weighted by atomic mass is 9.52. The van der Waals surface area contributed by atoms with Gasteiger partial charge in [-0.3, -0.25) is 9.69 Å². The highest BCUT2D eigenvalue weighted by molar-refractivity contribution is 5.76. The van der Waals surface area contributed by atoms with Crippen LogP contribution in [0.3, 0.4) is 0 Å². The zero-order valence-electron chi connectivity index (χ0n) is 15.9. The van der Waals surface area contributed by atoms with E-state index in [0.717, 1.165) is 49.6 Å². The third kappa shape index (κ3) is 3.15. The van der Waals surface area contributed by atoms with Crippen molar-refractivity contribution in [2.75, 3.05) is 26.2 Å². The first-order chi connectivity index (χ1) is 12.2. The Bertz CT molecular complexity index is 467. The molecular formula is C22H36N2O. The summed E-state index contributed by atoms with van der Waals surface area (Å²) in [5.74, 6) is 4.41. The first-order valence-corrected chi connectivity index (χ1v) is 11.2. The van der Waals surface area contributed by atoms with E-state index in [4.69, 9.17) is 0 Å². The van der Waals surface area contributed by atoms with Crippen molar-refractivity contribution in [2.24, 2.45) is 23.7 Å². The summed E-state index contributed by atoms with van der Waals surface area (Å²) in [6, 6.07) is 0. The molecule has 3 nitrogen and oxygen atoms in total. The molecule has 6 aliphatic rings. The van der Waals surface area contributed by atoms with Crippen LogP contribution in [0.25, 0.3) is 0 Å².